The molecule has 1 saturated heterocycles. The number of rotatable bonds is 9. The van der Waals surface area contributed by atoms with Crippen molar-refractivity contribution in [3.63, 3.8) is 0 Å². The van der Waals surface area contributed by atoms with E-state index in [1.807, 2.05) is 0 Å². The topological polar surface area (TPSA) is 193 Å². The number of sulfonamides is 1. The van der Waals surface area contributed by atoms with E-state index in [2.05, 4.69) is 20.2 Å². The average molecular weight is 567 g/mol. The van der Waals surface area contributed by atoms with Gasteiger partial charge in [-0.05, 0) is 36.7 Å². The number of aromatic nitrogens is 1. The molecule has 2 atom stereocenters. The van der Waals surface area contributed by atoms with E-state index in [0.717, 1.165) is 16.2 Å². The van der Waals surface area contributed by atoms with Gasteiger partial charge in [-0.3, -0.25) is 14.5 Å². The standard InChI is InChI=1S/C21H22N6O7S3/c1-23-37(32,33)12-5-3-4-10(7-12)6-11-8-35-19-15(18(29)27(19)16(11)20(30)31)25-17(28)14(26-34-2)13-9-36-21(22)24-13/h3-5,7,9,15,19,23H,6,8H2,1-2H3,(H2,22,24)(H,25,28)(H,30,31)/b26-14+/t15-,19-/m1/s1. The summed E-state index contributed by atoms with van der Waals surface area (Å²) in [5.74, 6) is -2.36. The monoisotopic (exact) mass is 566 g/mol. The second-order valence-electron chi connectivity index (χ2n) is 7.84. The van der Waals surface area contributed by atoms with Gasteiger partial charge in [0.25, 0.3) is 11.8 Å². The summed E-state index contributed by atoms with van der Waals surface area (Å²) < 4.78 is 26.5. The van der Waals surface area contributed by atoms with Crippen LogP contribution in [-0.2, 0) is 35.7 Å². The summed E-state index contributed by atoms with van der Waals surface area (Å²) >= 11 is 2.39. The summed E-state index contributed by atoms with van der Waals surface area (Å²) in [6, 6.07) is 5.14. The molecule has 2 amide bonds. The number of oxime groups is 1. The molecule has 2 aliphatic rings. The van der Waals surface area contributed by atoms with Crippen LogP contribution in [0.2, 0.25) is 0 Å². The number of benzene rings is 1. The number of carboxylic acids is 1. The Morgan fingerprint density at radius 1 is 1.38 bits per heavy atom. The Hall–Kier alpha value is -3.47. The lowest BCUT2D eigenvalue weighted by Crippen LogP contribution is -2.71. The molecule has 5 N–H and O–H groups in total. The van der Waals surface area contributed by atoms with Crippen LogP contribution in [-0.4, -0.2) is 78.2 Å². The van der Waals surface area contributed by atoms with Crippen LogP contribution in [0.3, 0.4) is 0 Å². The van der Waals surface area contributed by atoms with Crippen molar-refractivity contribution in [2.45, 2.75) is 22.7 Å². The van der Waals surface area contributed by atoms with Gasteiger partial charge in [0.2, 0.25) is 10.0 Å². The SMILES string of the molecule is CNS(=O)(=O)c1cccc(CC2=C(C(=O)O)N3C(=O)[C@@H](NC(=O)/C(=N/OC)c4csc(N)n4)[C@H]3SC2)c1. The van der Waals surface area contributed by atoms with Crippen molar-refractivity contribution >= 4 is 61.7 Å². The highest BCUT2D eigenvalue weighted by molar-refractivity contribution is 8.00. The molecule has 0 spiro atoms. The van der Waals surface area contributed by atoms with Crippen molar-refractivity contribution in [3.05, 3.63) is 52.2 Å². The van der Waals surface area contributed by atoms with Crippen molar-refractivity contribution in [3.8, 4) is 0 Å². The highest BCUT2D eigenvalue weighted by atomic mass is 32.2. The third kappa shape index (κ3) is 5.18. The van der Waals surface area contributed by atoms with Crippen LogP contribution < -0.4 is 15.8 Å². The minimum atomic E-state index is -3.68. The Morgan fingerprint density at radius 2 is 2.14 bits per heavy atom. The Bertz CT molecular complexity index is 1440. The van der Waals surface area contributed by atoms with E-state index in [9.17, 15) is 27.9 Å². The first-order chi connectivity index (χ1) is 17.6. The number of nitrogen functional groups attached to an aromatic ring is 1. The maximum atomic E-state index is 13.0. The number of carboxylic acid groups (broad SMARTS) is 1. The van der Waals surface area contributed by atoms with Crippen molar-refractivity contribution in [1.82, 2.24) is 19.9 Å². The van der Waals surface area contributed by atoms with Crippen LogP contribution in [0.4, 0.5) is 5.13 Å². The van der Waals surface area contributed by atoms with Crippen molar-refractivity contribution in [2.75, 3.05) is 25.6 Å². The maximum Gasteiger partial charge on any atom is 0.352 e. The zero-order valence-electron chi connectivity index (χ0n) is 19.5. The zero-order valence-corrected chi connectivity index (χ0v) is 21.9. The van der Waals surface area contributed by atoms with Gasteiger partial charge in [-0.15, -0.1) is 23.1 Å². The molecule has 13 nitrogen and oxygen atoms in total. The number of fused-ring (bicyclic) bond motifs is 1. The molecule has 4 rings (SSSR count). The van der Waals surface area contributed by atoms with E-state index in [-0.39, 0.29) is 39.3 Å². The van der Waals surface area contributed by atoms with Gasteiger partial charge in [-0.2, -0.15) is 0 Å². The Kier molecular flexibility index (Phi) is 7.54. The summed E-state index contributed by atoms with van der Waals surface area (Å²) in [5.41, 5.74) is 6.48. The van der Waals surface area contributed by atoms with Crippen molar-refractivity contribution in [2.24, 2.45) is 5.16 Å². The Morgan fingerprint density at radius 3 is 2.76 bits per heavy atom. The Labute approximate surface area is 219 Å². The predicted octanol–water partition coefficient (Wildman–Crippen LogP) is -0.0348. The summed E-state index contributed by atoms with van der Waals surface area (Å²) in [5, 5.41) is 17.3. The molecule has 0 radical (unpaired) electrons. The second kappa shape index (κ2) is 10.5. The van der Waals surface area contributed by atoms with E-state index in [1.165, 1.54) is 43.4 Å². The number of carbonyl (C=O) groups is 3. The normalized spacial score (nSPS) is 19.8. The number of thioether (sulfide) groups is 1. The lowest BCUT2D eigenvalue weighted by atomic mass is 9.99. The smallest absolute Gasteiger partial charge is 0.352 e. The third-order valence-corrected chi connectivity index (χ3v) is 9.02. The van der Waals surface area contributed by atoms with E-state index >= 15 is 0 Å². The van der Waals surface area contributed by atoms with Gasteiger partial charge < -0.3 is 21.0 Å². The number of amides is 2. The number of aliphatic carboxylic acids is 1. The molecular weight excluding hydrogens is 544 g/mol. The first-order valence-corrected chi connectivity index (χ1v) is 14.0. The third-order valence-electron chi connectivity index (χ3n) is 5.59. The molecule has 0 aliphatic carbocycles. The van der Waals surface area contributed by atoms with Crippen LogP contribution in [0.5, 0.6) is 0 Å². The fourth-order valence-corrected chi connectivity index (χ4v) is 6.60. The minimum absolute atomic E-state index is 0.0458. The molecule has 3 heterocycles. The van der Waals surface area contributed by atoms with E-state index in [1.54, 1.807) is 12.1 Å². The molecule has 37 heavy (non-hydrogen) atoms. The molecule has 0 bridgehead atoms. The predicted molar refractivity (Wildman–Crippen MR) is 136 cm³/mol. The number of thiazole rings is 1. The number of hydrogen-bond donors (Lipinski definition) is 4. The van der Waals surface area contributed by atoms with Gasteiger partial charge in [-0.1, -0.05) is 17.3 Å². The molecular formula is C21H22N6O7S3. The van der Waals surface area contributed by atoms with Crippen LogP contribution in [0.1, 0.15) is 11.3 Å². The molecule has 16 heteroatoms. The highest BCUT2D eigenvalue weighted by Crippen LogP contribution is 2.41. The van der Waals surface area contributed by atoms with Gasteiger partial charge in [0.15, 0.2) is 10.8 Å². The van der Waals surface area contributed by atoms with E-state index < -0.39 is 39.2 Å². The summed E-state index contributed by atoms with van der Waals surface area (Å²) in [7, 11) is -1.13. The largest absolute Gasteiger partial charge is 0.477 e. The van der Waals surface area contributed by atoms with E-state index in [0.29, 0.717) is 11.1 Å². The van der Waals surface area contributed by atoms with Crippen LogP contribution >= 0.6 is 23.1 Å². The average Bonchev–Trinajstić information content (AvgIpc) is 3.31. The van der Waals surface area contributed by atoms with Crippen LogP contribution in [0.25, 0.3) is 0 Å². The number of hydrogen-bond acceptors (Lipinski definition) is 11. The molecule has 1 aromatic heterocycles. The first kappa shape index (κ1) is 26.6. The molecule has 0 unspecified atom stereocenters. The molecule has 1 fully saturated rings. The van der Waals surface area contributed by atoms with Crippen molar-refractivity contribution < 1.29 is 32.7 Å². The number of nitrogens with zero attached hydrogens (tertiary/aromatic N) is 3. The summed E-state index contributed by atoms with van der Waals surface area (Å²) in [6.07, 6.45) is 0.130. The van der Waals surface area contributed by atoms with Crippen molar-refractivity contribution in [1.29, 1.82) is 0 Å². The first-order valence-electron chi connectivity index (χ1n) is 10.6. The fourth-order valence-electron chi connectivity index (χ4n) is 3.91. The number of nitrogens with two attached hydrogens (primary N) is 1. The van der Waals surface area contributed by atoms with Gasteiger partial charge in [0, 0.05) is 11.1 Å². The maximum absolute atomic E-state index is 13.0. The Balaban J connectivity index is 1.55. The number of β-lactam (4-membered cyclic amide) rings is 1. The summed E-state index contributed by atoms with van der Waals surface area (Å²) in [4.78, 5) is 48.0. The second-order valence-corrected chi connectivity index (χ2v) is 11.7. The molecule has 0 saturated carbocycles. The van der Waals surface area contributed by atoms with Gasteiger partial charge in [0.1, 0.15) is 29.9 Å². The molecule has 2 aliphatic heterocycles. The summed E-state index contributed by atoms with van der Waals surface area (Å²) in [6.45, 7) is 0. The molecule has 196 valence electrons. The van der Waals surface area contributed by atoms with Gasteiger partial charge in [-0.25, -0.2) is 22.9 Å². The fraction of sp³-hybridized carbons (Fsp3) is 0.286. The van der Waals surface area contributed by atoms with Crippen LogP contribution in [0.15, 0.2) is 51.0 Å². The quantitative estimate of drug-likeness (QED) is 0.182. The highest BCUT2D eigenvalue weighted by Gasteiger charge is 2.54. The number of nitrogens with one attached hydrogen (secondary N) is 2. The number of carbonyl (C=O) groups excluding carboxylic acids is 2. The number of anilines is 1. The van der Waals surface area contributed by atoms with E-state index in [4.69, 9.17) is 10.6 Å². The minimum Gasteiger partial charge on any atom is -0.477 e. The molecule has 2 aromatic rings. The van der Waals surface area contributed by atoms with Gasteiger partial charge in [0.05, 0.1) is 4.90 Å². The van der Waals surface area contributed by atoms with Crippen LogP contribution in [0, 0.1) is 0 Å². The lowest BCUT2D eigenvalue weighted by Gasteiger charge is -2.49. The lowest BCUT2D eigenvalue weighted by molar-refractivity contribution is -0.150. The van der Waals surface area contributed by atoms with Gasteiger partial charge >= 0.3 is 5.97 Å². The zero-order chi connectivity index (χ0) is 26.9. The molecule has 1 aromatic carbocycles.